The van der Waals surface area contributed by atoms with E-state index in [4.69, 9.17) is 4.74 Å². The number of alkyl halides is 1. The van der Waals surface area contributed by atoms with E-state index in [-0.39, 0.29) is 16.1 Å². The van der Waals surface area contributed by atoms with Gasteiger partial charge < -0.3 is 9.64 Å². The fraction of sp³-hybridized carbons (Fsp3) is 0.304. The van der Waals surface area contributed by atoms with Crippen LogP contribution in [-0.4, -0.2) is 52.8 Å². The molecule has 2 fully saturated rings. The maximum Gasteiger partial charge on any atom is 0.331 e. The highest BCUT2D eigenvalue weighted by Crippen LogP contribution is 2.54. The molecule has 0 aliphatic carbocycles. The number of carbonyl (C=O) groups is 2. The van der Waals surface area contributed by atoms with Crippen LogP contribution in [-0.2, 0) is 20.9 Å². The van der Waals surface area contributed by atoms with Crippen LogP contribution >= 0.6 is 27.7 Å². The van der Waals surface area contributed by atoms with Gasteiger partial charge in [0.2, 0.25) is 5.91 Å². The summed E-state index contributed by atoms with van der Waals surface area (Å²) >= 11 is 5.06. The number of nitrogens with zero attached hydrogens (tertiary/aromatic N) is 4. The Morgan fingerprint density at radius 3 is 2.34 bits per heavy atom. The topological polar surface area (TPSA) is 77.3 Å². The lowest BCUT2D eigenvalue weighted by Crippen LogP contribution is -2.64. The Hall–Kier alpha value is -2.65. The lowest BCUT2D eigenvalue weighted by molar-refractivity contribution is -0.163. The summed E-state index contributed by atoms with van der Waals surface area (Å²) in [6.07, 6.45) is 2.79. The monoisotopic (exact) mass is 512 g/mol. The summed E-state index contributed by atoms with van der Waals surface area (Å²) in [4.78, 5) is 27.7. The normalized spacial score (nSPS) is 26.7. The fourth-order valence-corrected chi connectivity index (χ4v) is 6.85. The third kappa shape index (κ3) is 3.63. The first kappa shape index (κ1) is 21.2. The number of halogens is 1. The summed E-state index contributed by atoms with van der Waals surface area (Å²) in [5.74, 6) is -0.518. The minimum absolute atomic E-state index is 0.0947. The zero-order chi connectivity index (χ0) is 22.3. The molecule has 1 amide bonds. The lowest BCUT2D eigenvalue weighted by atomic mass is 9.95. The van der Waals surface area contributed by atoms with E-state index in [0.29, 0.717) is 6.54 Å². The van der Waals surface area contributed by atoms with Crippen LogP contribution < -0.4 is 0 Å². The van der Waals surface area contributed by atoms with Gasteiger partial charge in [0.1, 0.15) is 16.2 Å². The van der Waals surface area contributed by atoms with Crippen LogP contribution in [0.3, 0.4) is 0 Å². The highest BCUT2D eigenvalue weighted by Gasteiger charge is 2.65. The van der Waals surface area contributed by atoms with E-state index in [1.54, 1.807) is 33.7 Å². The summed E-state index contributed by atoms with van der Waals surface area (Å²) in [6.45, 7) is 2.41. The molecule has 2 aliphatic heterocycles. The number of fused-ring (bicyclic) bond motifs is 1. The minimum Gasteiger partial charge on any atom is -0.451 e. The molecule has 0 unspecified atom stereocenters. The molecule has 164 valence electrons. The van der Waals surface area contributed by atoms with Gasteiger partial charge in [-0.1, -0.05) is 81.8 Å². The maximum absolute atomic E-state index is 13.7. The highest BCUT2D eigenvalue weighted by molar-refractivity contribution is 9.10. The zero-order valence-electron chi connectivity index (χ0n) is 17.2. The van der Waals surface area contributed by atoms with Crippen molar-refractivity contribution in [3.05, 3.63) is 84.2 Å². The van der Waals surface area contributed by atoms with Crippen molar-refractivity contribution in [1.82, 2.24) is 19.9 Å². The average Bonchev–Trinajstić information content (AvgIpc) is 3.42. The first-order chi connectivity index (χ1) is 15.5. The van der Waals surface area contributed by atoms with E-state index in [0.717, 1.165) is 11.1 Å². The molecule has 2 aliphatic rings. The predicted octanol–water partition coefficient (Wildman–Crippen LogP) is 3.42. The van der Waals surface area contributed by atoms with Gasteiger partial charge in [0, 0.05) is 6.20 Å². The van der Waals surface area contributed by atoms with Crippen molar-refractivity contribution in [1.29, 1.82) is 0 Å². The molecule has 9 heteroatoms. The summed E-state index contributed by atoms with van der Waals surface area (Å²) in [5, 5.41) is 7.82. The van der Waals surface area contributed by atoms with Crippen molar-refractivity contribution < 1.29 is 14.3 Å². The fourth-order valence-electron chi connectivity index (χ4n) is 4.36. The largest absolute Gasteiger partial charge is 0.451 e. The molecule has 0 saturated carbocycles. The molecular weight excluding hydrogens is 492 g/mol. The van der Waals surface area contributed by atoms with E-state index >= 15 is 0 Å². The number of carbonyl (C=O) groups excluding carboxylic acids is 2. The number of hydrogen-bond acceptors (Lipinski definition) is 6. The lowest BCUT2D eigenvalue weighted by Gasteiger charge is -2.41. The van der Waals surface area contributed by atoms with Crippen LogP contribution in [0.25, 0.3) is 0 Å². The Kier molecular flexibility index (Phi) is 5.54. The number of ether oxygens (including phenoxy) is 1. The van der Waals surface area contributed by atoms with Gasteiger partial charge in [-0.15, -0.1) is 16.9 Å². The van der Waals surface area contributed by atoms with Gasteiger partial charge in [-0.3, -0.25) is 9.48 Å². The third-order valence-electron chi connectivity index (χ3n) is 5.87. The Morgan fingerprint density at radius 2 is 1.78 bits per heavy atom. The third-order valence-corrected chi connectivity index (χ3v) is 8.75. The standard InChI is InChI=1S/C23H21BrN4O3S/c1-23(14-27-13-12-25-26-27)19(28-20(29)17(24)21(28)32-23)22(30)31-18(15-8-4-2-5-9-15)16-10-6-3-7-11-16/h2-13,17-19,21H,14H2,1H3/t17-,19+,21-,23+/m1/s1. The molecule has 3 aromatic rings. The Labute approximate surface area is 198 Å². The van der Waals surface area contributed by atoms with Crippen molar-refractivity contribution in [2.75, 3.05) is 0 Å². The molecular formula is C23H21BrN4O3S. The Morgan fingerprint density at radius 1 is 1.16 bits per heavy atom. The van der Waals surface area contributed by atoms with Gasteiger partial charge in [0.25, 0.3) is 0 Å². The number of rotatable bonds is 6. The molecule has 0 radical (unpaired) electrons. The quantitative estimate of drug-likeness (QED) is 0.286. The van der Waals surface area contributed by atoms with Crippen LogP contribution in [0.2, 0.25) is 0 Å². The molecule has 2 aromatic carbocycles. The van der Waals surface area contributed by atoms with E-state index in [1.807, 2.05) is 67.6 Å². The van der Waals surface area contributed by atoms with Gasteiger partial charge in [-0.25, -0.2) is 4.79 Å². The molecule has 1 aromatic heterocycles. The van der Waals surface area contributed by atoms with Crippen molar-refractivity contribution in [2.45, 2.75) is 40.6 Å². The molecule has 0 spiro atoms. The number of esters is 1. The van der Waals surface area contributed by atoms with Crippen LogP contribution in [0.5, 0.6) is 0 Å². The first-order valence-electron chi connectivity index (χ1n) is 10.3. The van der Waals surface area contributed by atoms with Crippen molar-refractivity contribution in [2.24, 2.45) is 0 Å². The number of hydrogen-bond donors (Lipinski definition) is 0. The molecule has 32 heavy (non-hydrogen) atoms. The molecule has 0 bridgehead atoms. The van der Waals surface area contributed by atoms with Crippen molar-refractivity contribution in [3.8, 4) is 0 Å². The molecule has 3 heterocycles. The van der Waals surface area contributed by atoms with Crippen LogP contribution in [0, 0.1) is 0 Å². The maximum atomic E-state index is 13.7. The summed E-state index contributed by atoms with van der Waals surface area (Å²) in [6, 6.07) is 18.6. The average molecular weight is 513 g/mol. The van der Waals surface area contributed by atoms with Gasteiger partial charge >= 0.3 is 5.97 Å². The second kappa shape index (κ2) is 8.37. The summed E-state index contributed by atoms with van der Waals surface area (Å²) < 4.78 is 7.22. The van der Waals surface area contributed by atoms with E-state index in [9.17, 15) is 9.59 Å². The molecule has 7 nitrogen and oxygen atoms in total. The Balaban J connectivity index is 1.48. The summed E-state index contributed by atoms with van der Waals surface area (Å²) in [5.41, 5.74) is 1.75. The van der Waals surface area contributed by atoms with Gasteiger partial charge in [-0.05, 0) is 18.1 Å². The second-order valence-corrected chi connectivity index (χ2v) is 10.7. The van der Waals surface area contributed by atoms with Gasteiger partial charge in [0.15, 0.2) is 6.10 Å². The number of thioether (sulfide) groups is 1. The number of benzene rings is 2. The SMILES string of the molecule is C[C@@]1(Cn2ccnn2)S[C@@H]2[C@H](Br)C(=O)N2[C@H]1C(=O)OC(c1ccccc1)c1ccccc1. The summed E-state index contributed by atoms with van der Waals surface area (Å²) in [7, 11) is 0. The van der Waals surface area contributed by atoms with Crippen LogP contribution in [0.15, 0.2) is 73.1 Å². The molecule has 5 rings (SSSR count). The van der Waals surface area contributed by atoms with Crippen LogP contribution in [0.4, 0.5) is 0 Å². The molecule has 4 atom stereocenters. The smallest absolute Gasteiger partial charge is 0.331 e. The molecule has 2 saturated heterocycles. The Bertz CT molecular complexity index is 1080. The second-order valence-electron chi connectivity index (χ2n) is 8.11. The number of β-lactam (4-membered cyclic amide) rings is 1. The van der Waals surface area contributed by atoms with E-state index < -0.39 is 22.9 Å². The van der Waals surface area contributed by atoms with E-state index in [2.05, 4.69) is 26.2 Å². The van der Waals surface area contributed by atoms with Gasteiger partial charge in [0.05, 0.1) is 17.5 Å². The van der Waals surface area contributed by atoms with Crippen molar-refractivity contribution in [3.63, 3.8) is 0 Å². The predicted molar refractivity (Wildman–Crippen MR) is 124 cm³/mol. The van der Waals surface area contributed by atoms with Gasteiger partial charge in [-0.2, -0.15) is 0 Å². The van der Waals surface area contributed by atoms with E-state index in [1.165, 1.54) is 0 Å². The number of amides is 1. The first-order valence-corrected chi connectivity index (χ1v) is 12.1. The zero-order valence-corrected chi connectivity index (χ0v) is 19.6. The van der Waals surface area contributed by atoms with Crippen molar-refractivity contribution >= 4 is 39.6 Å². The minimum atomic E-state index is -0.738. The highest BCUT2D eigenvalue weighted by atomic mass is 79.9. The molecule has 0 N–H and O–H groups in total. The van der Waals surface area contributed by atoms with Crippen LogP contribution in [0.1, 0.15) is 24.2 Å². The number of aromatic nitrogens is 3.